The number of rotatable bonds is 4. The van der Waals surface area contributed by atoms with Crippen molar-refractivity contribution in [3.63, 3.8) is 0 Å². The molecular weight excluding hydrogens is 482 g/mol. The second-order valence-electron chi connectivity index (χ2n) is 11.2. The number of aryl methyl sites for hydroxylation is 1. The first-order valence-corrected chi connectivity index (χ1v) is 13.6. The number of anilines is 2. The number of piperazine rings is 1. The van der Waals surface area contributed by atoms with Crippen LogP contribution >= 0.6 is 0 Å². The third-order valence-corrected chi connectivity index (χ3v) is 8.77. The molecule has 0 saturated carbocycles. The van der Waals surface area contributed by atoms with Crippen LogP contribution in [0.15, 0.2) is 24.3 Å². The van der Waals surface area contributed by atoms with E-state index in [1.165, 1.54) is 16.0 Å². The fourth-order valence-corrected chi connectivity index (χ4v) is 6.48. The standard InChI is InChI=1S/C28H35N7O3/c1-32(2)21-17-34(18-21)26-30-24(33-14-15-35(27(36)37)20(16-33)10-13-29)22-9-12-28(38-25(22)31-26)11-5-7-19-6-3-4-8-23(19)28/h3-4,6,8,20-21H,5,7,9-12,14-18H2,1-2H3,(H,36,37)/t20-,28?/m0/s1. The summed E-state index contributed by atoms with van der Waals surface area (Å²) in [5, 5.41) is 19.0. The summed E-state index contributed by atoms with van der Waals surface area (Å²) in [6, 6.07) is 10.8. The number of benzene rings is 1. The van der Waals surface area contributed by atoms with Gasteiger partial charge in [0, 0.05) is 38.8 Å². The van der Waals surface area contributed by atoms with Crippen LogP contribution in [0.3, 0.4) is 0 Å². The highest BCUT2D eigenvalue weighted by molar-refractivity contribution is 5.67. The number of carboxylic acid groups (broad SMARTS) is 1. The van der Waals surface area contributed by atoms with E-state index < -0.39 is 12.1 Å². The van der Waals surface area contributed by atoms with Gasteiger partial charge in [0.25, 0.3) is 0 Å². The Morgan fingerprint density at radius 2 is 1.97 bits per heavy atom. The number of carbonyl (C=O) groups is 1. The highest BCUT2D eigenvalue weighted by Gasteiger charge is 2.44. The van der Waals surface area contributed by atoms with Crippen molar-refractivity contribution in [2.24, 2.45) is 0 Å². The number of nitrogens with zero attached hydrogens (tertiary/aromatic N) is 7. The van der Waals surface area contributed by atoms with Crippen LogP contribution < -0.4 is 14.5 Å². The molecule has 1 unspecified atom stereocenters. The molecule has 2 saturated heterocycles. The molecule has 6 rings (SSSR count). The van der Waals surface area contributed by atoms with Gasteiger partial charge >= 0.3 is 6.09 Å². The molecule has 2 atom stereocenters. The van der Waals surface area contributed by atoms with E-state index in [1.807, 2.05) is 0 Å². The largest absolute Gasteiger partial charge is 0.466 e. The van der Waals surface area contributed by atoms with Gasteiger partial charge in [0.1, 0.15) is 11.4 Å². The van der Waals surface area contributed by atoms with E-state index >= 15 is 0 Å². The van der Waals surface area contributed by atoms with E-state index in [9.17, 15) is 15.2 Å². The van der Waals surface area contributed by atoms with Crippen LogP contribution in [0.25, 0.3) is 0 Å². The van der Waals surface area contributed by atoms with Crippen LogP contribution in [0.5, 0.6) is 5.88 Å². The fraction of sp³-hybridized carbons (Fsp3) is 0.571. The molecule has 2 fully saturated rings. The van der Waals surface area contributed by atoms with Crippen molar-refractivity contribution in [3.8, 4) is 11.9 Å². The van der Waals surface area contributed by atoms with Gasteiger partial charge in [0.05, 0.1) is 24.1 Å². The molecule has 200 valence electrons. The maximum absolute atomic E-state index is 11.8. The number of ether oxygens (including phenoxy) is 1. The average molecular weight is 518 g/mol. The Kier molecular flexibility index (Phi) is 6.26. The van der Waals surface area contributed by atoms with Crippen molar-refractivity contribution in [3.05, 3.63) is 41.0 Å². The second kappa shape index (κ2) is 9.62. The fourth-order valence-electron chi connectivity index (χ4n) is 6.48. The molecule has 1 aromatic carbocycles. The lowest BCUT2D eigenvalue weighted by molar-refractivity contribution is 0.0200. The van der Waals surface area contributed by atoms with Gasteiger partial charge in [0.15, 0.2) is 0 Å². The van der Waals surface area contributed by atoms with Gasteiger partial charge in [-0.2, -0.15) is 15.2 Å². The van der Waals surface area contributed by atoms with Gasteiger partial charge in [-0.05, 0) is 57.3 Å². The van der Waals surface area contributed by atoms with E-state index in [2.05, 4.69) is 59.1 Å². The number of amides is 1. The summed E-state index contributed by atoms with van der Waals surface area (Å²) in [7, 11) is 4.18. The number of fused-ring (bicyclic) bond motifs is 3. The quantitative estimate of drug-likeness (QED) is 0.655. The Morgan fingerprint density at radius 1 is 1.16 bits per heavy atom. The topological polar surface area (TPSA) is 109 Å². The Hall–Kier alpha value is -3.58. The molecule has 0 radical (unpaired) electrons. The minimum absolute atomic E-state index is 0.149. The van der Waals surface area contributed by atoms with Crippen molar-refractivity contribution in [2.45, 2.75) is 56.2 Å². The lowest BCUT2D eigenvalue weighted by Gasteiger charge is -2.46. The summed E-state index contributed by atoms with van der Waals surface area (Å²) >= 11 is 0. The highest BCUT2D eigenvalue weighted by atomic mass is 16.5. The Morgan fingerprint density at radius 3 is 2.74 bits per heavy atom. The summed E-state index contributed by atoms with van der Waals surface area (Å²) in [5.74, 6) is 2.14. The molecule has 4 aliphatic rings. The van der Waals surface area contributed by atoms with E-state index in [0.717, 1.165) is 56.6 Å². The first kappa shape index (κ1) is 24.7. The summed E-state index contributed by atoms with van der Waals surface area (Å²) in [5.41, 5.74) is 3.25. The third kappa shape index (κ3) is 4.19. The normalized spacial score (nSPS) is 24.9. The SMILES string of the molecule is CN(C)C1CN(c2nc3c(c(N4CCN(C(=O)O)[C@@H](CC#N)C4)n2)CCC2(CCCc4ccccc42)O3)C1. The molecule has 38 heavy (non-hydrogen) atoms. The number of hydrogen-bond acceptors (Lipinski definition) is 8. The summed E-state index contributed by atoms with van der Waals surface area (Å²) < 4.78 is 6.91. The maximum atomic E-state index is 11.8. The molecule has 2 aromatic rings. The molecule has 1 amide bonds. The van der Waals surface area contributed by atoms with Crippen molar-refractivity contribution >= 4 is 17.9 Å². The van der Waals surface area contributed by atoms with Crippen molar-refractivity contribution in [2.75, 3.05) is 56.6 Å². The van der Waals surface area contributed by atoms with Crippen LogP contribution in [0.4, 0.5) is 16.6 Å². The van der Waals surface area contributed by atoms with E-state index in [-0.39, 0.29) is 12.0 Å². The first-order valence-electron chi connectivity index (χ1n) is 13.6. The van der Waals surface area contributed by atoms with Gasteiger partial charge in [-0.15, -0.1) is 0 Å². The minimum Gasteiger partial charge on any atom is -0.466 e. The molecule has 10 heteroatoms. The molecule has 10 nitrogen and oxygen atoms in total. The average Bonchev–Trinajstić information content (AvgIpc) is 2.87. The van der Waals surface area contributed by atoms with E-state index in [1.54, 1.807) is 0 Å². The van der Waals surface area contributed by atoms with Crippen molar-refractivity contribution in [1.82, 2.24) is 19.8 Å². The Labute approximate surface area is 223 Å². The molecule has 0 bridgehead atoms. The summed E-state index contributed by atoms with van der Waals surface area (Å²) in [4.78, 5) is 29.8. The van der Waals surface area contributed by atoms with Crippen molar-refractivity contribution in [1.29, 1.82) is 5.26 Å². The number of aromatic nitrogens is 2. The van der Waals surface area contributed by atoms with Gasteiger partial charge in [-0.3, -0.25) is 0 Å². The highest BCUT2D eigenvalue weighted by Crippen LogP contribution is 2.48. The van der Waals surface area contributed by atoms with Crippen LogP contribution in [0.2, 0.25) is 0 Å². The van der Waals surface area contributed by atoms with Gasteiger partial charge in [-0.1, -0.05) is 24.3 Å². The first-order chi connectivity index (χ1) is 18.4. The van der Waals surface area contributed by atoms with Crippen LogP contribution in [0, 0.1) is 11.3 Å². The molecule has 1 spiro atoms. The minimum atomic E-state index is -0.980. The zero-order valence-corrected chi connectivity index (χ0v) is 22.1. The van der Waals surface area contributed by atoms with Gasteiger partial charge in [0.2, 0.25) is 11.8 Å². The number of nitriles is 1. The summed E-state index contributed by atoms with van der Waals surface area (Å²) in [6.45, 7) is 2.98. The molecular formula is C28H35N7O3. The summed E-state index contributed by atoms with van der Waals surface area (Å²) in [6.07, 6.45) is 3.94. The third-order valence-electron chi connectivity index (χ3n) is 8.77. The molecule has 4 heterocycles. The van der Waals surface area contributed by atoms with Crippen LogP contribution in [-0.2, 0) is 18.4 Å². The number of hydrogen-bond donors (Lipinski definition) is 1. The van der Waals surface area contributed by atoms with Gasteiger partial charge < -0.3 is 29.4 Å². The lowest BCUT2D eigenvalue weighted by Crippen LogP contribution is -2.58. The zero-order valence-electron chi connectivity index (χ0n) is 22.1. The predicted octanol–water partition coefficient (Wildman–Crippen LogP) is 2.87. The second-order valence-corrected chi connectivity index (χ2v) is 11.2. The monoisotopic (exact) mass is 517 g/mol. The Bertz CT molecular complexity index is 1270. The van der Waals surface area contributed by atoms with E-state index in [4.69, 9.17) is 14.7 Å². The molecule has 3 aliphatic heterocycles. The smallest absolute Gasteiger partial charge is 0.407 e. The zero-order chi connectivity index (χ0) is 26.4. The molecule has 1 aliphatic carbocycles. The molecule has 1 aromatic heterocycles. The van der Waals surface area contributed by atoms with Crippen LogP contribution in [-0.4, -0.2) is 89.9 Å². The van der Waals surface area contributed by atoms with Crippen LogP contribution in [0.1, 0.15) is 42.4 Å². The lowest BCUT2D eigenvalue weighted by atomic mass is 9.75. The Balaban J connectivity index is 1.37. The maximum Gasteiger partial charge on any atom is 0.407 e. The number of likely N-dealkylation sites (N-methyl/N-ethyl adjacent to an activating group) is 1. The van der Waals surface area contributed by atoms with Crippen molar-refractivity contribution < 1.29 is 14.6 Å². The van der Waals surface area contributed by atoms with Gasteiger partial charge in [-0.25, -0.2) is 4.79 Å². The predicted molar refractivity (Wildman–Crippen MR) is 143 cm³/mol. The molecule has 1 N–H and O–H groups in total. The van der Waals surface area contributed by atoms with E-state index in [0.29, 0.717) is 37.5 Å².